The SMILES string of the molecule is COc1ccc(N2C(C)CNCC2CN(C)C)cc1. The molecule has 1 N–H and O–H groups in total. The zero-order valence-corrected chi connectivity index (χ0v) is 12.4. The van der Waals surface area contributed by atoms with Gasteiger partial charge in [0.2, 0.25) is 0 Å². The Hall–Kier alpha value is -1.26. The fourth-order valence-electron chi connectivity index (χ4n) is 2.81. The first kappa shape index (κ1) is 14.2. The third-order valence-corrected chi connectivity index (χ3v) is 3.63. The minimum Gasteiger partial charge on any atom is -0.497 e. The van der Waals surface area contributed by atoms with Crippen molar-refractivity contribution in [2.45, 2.75) is 19.0 Å². The number of ether oxygens (including phenoxy) is 1. The van der Waals surface area contributed by atoms with E-state index in [0.717, 1.165) is 25.4 Å². The van der Waals surface area contributed by atoms with Crippen LogP contribution < -0.4 is 15.0 Å². The Labute approximate surface area is 116 Å². The Kier molecular flexibility index (Phi) is 4.66. The zero-order valence-electron chi connectivity index (χ0n) is 12.4. The van der Waals surface area contributed by atoms with Gasteiger partial charge < -0.3 is 19.9 Å². The molecule has 2 unspecified atom stereocenters. The summed E-state index contributed by atoms with van der Waals surface area (Å²) in [5.41, 5.74) is 1.28. The second-order valence-electron chi connectivity index (χ2n) is 5.53. The molecule has 0 amide bonds. The van der Waals surface area contributed by atoms with Gasteiger partial charge in [0.25, 0.3) is 0 Å². The minimum atomic E-state index is 0.507. The van der Waals surface area contributed by atoms with E-state index in [9.17, 15) is 0 Å². The first-order valence-corrected chi connectivity index (χ1v) is 6.89. The molecule has 0 saturated carbocycles. The normalized spacial score (nSPS) is 23.7. The molecule has 1 aliphatic heterocycles. The lowest BCUT2D eigenvalue weighted by atomic mass is 10.1. The predicted molar refractivity (Wildman–Crippen MR) is 80.1 cm³/mol. The molecule has 1 aromatic rings. The Bertz CT molecular complexity index is 391. The summed E-state index contributed by atoms with van der Waals surface area (Å²) in [5, 5.41) is 3.52. The van der Waals surface area contributed by atoms with Crippen molar-refractivity contribution in [1.29, 1.82) is 0 Å². The number of hydrogen-bond acceptors (Lipinski definition) is 4. The van der Waals surface area contributed by atoms with Gasteiger partial charge in [0.1, 0.15) is 5.75 Å². The summed E-state index contributed by atoms with van der Waals surface area (Å²) < 4.78 is 5.24. The van der Waals surface area contributed by atoms with Crippen LogP contribution in [0.15, 0.2) is 24.3 Å². The van der Waals surface area contributed by atoms with Crippen molar-refractivity contribution in [1.82, 2.24) is 10.2 Å². The standard InChI is InChI=1S/C15H25N3O/c1-12-9-16-10-14(11-17(2)3)18(12)13-5-7-15(19-4)8-6-13/h5-8,12,14,16H,9-11H2,1-4H3. The monoisotopic (exact) mass is 263 g/mol. The lowest BCUT2D eigenvalue weighted by Gasteiger charge is -2.44. The molecule has 1 aromatic carbocycles. The summed E-state index contributed by atoms with van der Waals surface area (Å²) in [6, 6.07) is 9.40. The molecule has 1 fully saturated rings. The van der Waals surface area contributed by atoms with Crippen molar-refractivity contribution < 1.29 is 4.74 Å². The molecular weight excluding hydrogens is 238 g/mol. The van der Waals surface area contributed by atoms with Crippen molar-refractivity contribution >= 4 is 5.69 Å². The van der Waals surface area contributed by atoms with Crippen molar-refractivity contribution in [3.05, 3.63) is 24.3 Å². The van der Waals surface area contributed by atoms with E-state index in [-0.39, 0.29) is 0 Å². The molecule has 0 aromatic heterocycles. The molecule has 0 radical (unpaired) electrons. The zero-order chi connectivity index (χ0) is 13.8. The molecule has 0 bridgehead atoms. The summed E-state index contributed by atoms with van der Waals surface area (Å²) in [6.07, 6.45) is 0. The maximum Gasteiger partial charge on any atom is 0.119 e. The van der Waals surface area contributed by atoms with E-state index >= 15 is 0 Å². The predicted octanol–water partition coefficient (Wildman–Crippen LogP) is 1.42. The number of benzene rings is 1. The van der Waals surface area contributed by atoms with Gasteiger partial charge >= 0.3 is 0 Å². The fraction of sp³-hybridized carbons (Fsp3) is 0.600. The van der Waals surface area contributed by atoms with Crippen molar-refractivity contribution in [2.75, 3.05) is 45.7 Å². The highest BCUT2D eigenvalue weighted by atomic mass is 16.5. The van der Waals surface area contributed by atoms with Gasteiger partial charge in [-0.3, -0.25) is 0 Å². The molecule has 1 saturated heterocycles. The van der Waals surface area contributed by atoms with Crippen LogP contribution in [-0.2, 0) is 0 Å². The first-order valence-electron chi connectivity index (χ1n) is 6.89. The van der Waals surface area contributed by atoms with E-state index in [1.807, 2.05) is 12.1 Å². The number of piperazine rings is 1. The van der Waals surface area contributed by atoms with E-state index in [1.165, 1.54) is 5.69 Å². The second kappa shape index (κ2) is 6.26. The quantitative estimate of drug-likeness (QED) is 0.889. The number of nitrogens with one attached hydrogen (secondary N) is 1. The van der Waals surface area contributed by atoms with Crippen LogP contribution in [0.25, 0.3) is 0 Å². The molecule has 4 heteroatoms. The van der Waals surface area contributed by atoms with Gasteiger partial charge in [-0.25, -0.2) is 0 Å². The van der Waals surface area contributed by atoms with E-state index in [2.05, 4.69) is 48.3 Å². The first-order chi connectivity index (χ1) is 9.11. The van der Waals surface area contributed by atoms with Crippen LogP contribution in [0.4, 0.5) is 5.69 Å². The topological polar surface area (TPSA) is 27.7 Å². The maximum absolute atomic E-state index is 5.24. The highest BCUT2D eigenvalue weighted by molar-refractivity contribution is 5.51. The molecule has 1 aliphatic rings. The van der Waals surface area contributed by atoms with Crippen LogP contribution in [-0.4, -0.2) is 57.8 Å². The van der Waals surface area contributed by atoms with Gasteiger partial charge in [-0.1, -0.05) is 0 Å². The molecule has 106 valence electrons. The average molecular weight is 263 g/mol. The van der Waals surface area contributed by atoms with Gasteiger partial charge in [-0.2, -0.15) is 0 Å². The lowest BCUT2D eigenvalue weighted by molar-refractivity contribution is 0.316. The Morgan fingerprint density at radius 3 is 2.53 bits per heavy atom. The van der Waals surface area contributed by atoms with Crippen LogP contribution >= 0.6 is 0 Å². The molecular formula is C15H25N3O. The molecule has 0 spiro atoms. The summed E-state index contributed by atoms with van der Waals surface area (Å²) in [4.78, 5) is 4.77. The van der Waals surface area contributed by atoms with Crippen LogP contribution in [0.1, 0.15) is 6.92 Å². The largest absolute Gasteiger partial charge is 0.497 e. The van der Waals surface area contributed by atoms with Crippen molar-refractivity contribution in [2.24, 2.45) is 0 Å². The minimum absolute atomic E-state index is 0.507. The smallest absolute Gasteiger partial charge is 0.119 e. The number of nitrogens with zero attached hydrogens (tertiary/aromatic N) is 2. The van der Waals surface area contributed by atoms with Crippen LogP contribution in [0, 0.1) is 0 Å². The summed E-state index contributed by atoms with van der Waals surface area (Å²) in [7, 11) is 5.97. The van der Waals surface area contributed by atoms with Gasteiger partial charge in [0.05, 0.1) is 13.2 Å². The average Bonchev–Trinajstić information content (AvgIpc) is 2.38. The molecule has 1 heterocycles. The van der Waals surface area contributed by atoms with Gasteiger partial charge in [-0.05, 0) is 45.3 Å². The molecule has 19 heavy (non-hydrogen) atoms. The maximum atomic E-state index is 5.24. The second-order valence-corrected chi connectivity index (χ2v) is 5.53. The van der Waals surface area contributed by atoms with Crippen LogP contribution in [0.3, 0.4) is 0 Å². The van der Waals surface area contributed by atoms with Crippen LogP contribution in [0.5, 0.6) is 5.75 Å². The third kappa shape index (κ3) is 3.39. The molecule has 2 rings (SSSR count). The lowest BCUT2D eigenvalue weighted by Crippen LogP contribution is -2.59. The molecule has 2 atom stereocenters. The van der Waals surface area contributed by atoms with Gasteiger partial charge in [0.15, 0.2) is 0 Å². The Morgan fingerprint density at radius 1 is 1.26 bits per heavy atom. The van der Waals surface area contributed by atoms with Gasteiger partial charge in [-0.15, -0.1) is 0 Å². The van der Waals surface area contributed by atoms with Crippen molar-refractivity contribution in [3.63, 3.8) is 0 Å². The number of hydrogen-bond donors (Lipinski definition) is 1. The van der Waals surface area contributed by atoms with E-state index in [4.69, 9.17) is 4.74 Å². The number of anilines is 1. The summed E-state index contributed by atoms with van der Waals surface area (Å²) in [5.74, 6) is 0.913. The van der Waals surface area contributed by atoms with E-state index in [0.29, 0.717) is 12.1 Å². The highest BCUT2D eigenvalue weighted by Crippen LogP contribution is 2.24. The summed E-state index contributed by atoms with van der Waals surface area (Å²) in [6.45, 7) is 5.41. The molecule has 0 aliphatic carbocycles. The van der Waals surface area contributed by atoms with Crippen molar-refractivity contribution in [3.8, 4) is 5.75 Å². The van der Waals surface area contributed by atoms with Crippen LogP contribution in [0.2, 0.25) is 0 Å². The van der Waals surface area contributed by atoms with E-state index < -0.39 is 0 Å². The fourth-order valence-corrected chi connectivity index (χ4v) is 2.81. The number of likely N-dealkylation sites (N-methyl/N-ethyl adjacent to an activating group) is 1. The third-order valence-electron chi connectivity index (χ3n) is 3.63. The summed E-state index contributed by atoms with van der Waals surface area (Å²) >= 11 is 0. The number of rotatable bonds is 4. The van der Waals surface area contributed by atoms with Gasteiger partial charge in [0, 0.05) is 31.4 Å². The molecule has 4 nitrogen and oxygen atoms in total. The highest BCUT2D eigenvalue weighted by Gasteiger charge is 2.28. The van der Waals surface area contributed by atoms with E-state index in [1.54, 1.807) is 7.11 Å². The Morgan fingerprint density at radius 2 is 1.95 bits per heavy atom. The number of methoxy groups -OCH3 is 1. The Balaban J connectivity index is 2.19.